The van der Waals surface area contributed by atoms with E-state index in [1.54, 1.807) is 0 Å². The number of aromatic hydroxyl groups is 1. The number of carboxylic acids is 1. The number of ether oxygens (including phenoxy) is 1. The van der Waals surface area contributed by atoms with Gasteiger partial charge in [0.25, 0.3) is 0 Å². The Morgan fingerprint density at radius 3 is 2.42 bits per heavy atom. The standard InChI is InChI=1S/C14H11IO4/c15-10-3-1-9(2-4-10)8-19-11-5-6-12(14(17)18)13(16)7-11/h1-7,16H,8H2,(H,17,18). The quantitative estimate of drug-likeness (QED) is 0.811. The number of rotatable bonds is 4. The zero-order chi connectivity index (χ0) is 13.8. The molecule has 0 heterocycles. The number of hydrogen-bond acceptors (Lipinski definition) is 3. The van der Waals surface area contributed by atoms with Crippen molar-refractivity contribution in [3.8, 4) is 11.5 Å². The summed E-state index contributed by atoms with van der Waals surface area (Å²) < 4.78 is 6.64. The molecule has 0 saturated heterocycles. The van der Waals surface area contributed by atoms with Crippen molar-refractivity contribution < 1.29 is 19.7 Å². The first-order valence-corrected chi connectivity index (χ1v) is 6.57. The Bertz CT molecular complexity index is 593. The maximum absolute atomic E-state index is 10.7. The number of benzene rings is 2. The van der Waals surface area contributed by atoms with Gasteiger partial charge in [-0.3, -0.25) is 0 Å². The van der Waals surface area contributed by atoms with Gasteiger partial charge in [0, 0.05) is 9.64 Å². The lowest BCUT2D eigenvalue weighted by Gasteiger charge is -2.08. The third-order valence-corrected chi connectivity index (χ3v) is 3.24. The molecular weight excluding hydrogens is 359 g/mol. The van der Waals surface area contributed by atoms with Crippen molar-refractivity contribution in [3.63, 3.8) is 0 Å². The predicted molar refractivity (Wildman–Crippen MR) is 78.6 cm³/mol. The third kappa shape index (κ3) is 3.60. The van der Waals surface area contributed by atoms with Gasteiger partial charge in [0.2, 0.25) is 0 Å². The van der Waals surface area contributed by atoms with Crippen LogP contribution < -0.4 is 4.74 Å². The topological polar surface area (TPSA) is 66.8 Å². The molecule has 0 amide bonds. The van der Waals surface area contributed by atoms with Gasteiger partial charge in [-0.1, -0.05) is 12.1 Å². The van der Waals surface area contributed by atoms with Gasteiger partial charge in [-0.05, 0) is 52.4 Å². The van der Waals surface area contributed by atoms with E-state index in [-0.39, 0.29) is 11.3 Å². The highest BCUT2D eigenvalue weighted by molar-refractivity contribution is 14.1. The molecule has 0 saturated carbocycles. The summed E-state index contributed by atoms with van der Waals surface area (Å²) >= 11 is 2.22. The summed E-state index contributed by atoms with van der Waals surface area (Å²) in [4.78, 5) is 10.7. The zero-order valence-electron chi connectivity index (χ0n) is 9.84. The smallest absolute Gasteiger partial charge is 0.339 e. The number of carbonyl (C=O) groups is 1. The molecule has 4 nitrogen and oxygen atoms in total. The Labute approximate surface area is 123 Å². The van der Waals surface area contributed by atoms with Crippen molar-refractivity contribution in [2.24, 2.45) is 0 Å². The lowest BCUT2D eigenvalue weighted by Crippen LogP contribution is -1.99. The summed E-state index contributed by atoms with van der Waals surface area (Å²) in [6, 6.07) is 12.0. The highest BCUT2D eigenvalue weighted by Gasteiger charge is 2.10. The van der Waals surface area contributed by atoms with Gasteiger partial charge >= 0.3 is 5.97 Å². The molecule has 0 fully saturated rings. The molecule has 2 N–H and O–H groups in total. The first-order valence-electron chi connectivity index (χ1n) is 5.50. The first-order chi connectivity index (χ1) is 9.06. The average molecular weight is 370 g/mol. The van der Waals surface area contributed by atoms with Gasteiger partial charge in [-0.15, -0.1) is 0 Å². The average Bonchev–Trinajstić information content (AvgIpc) is 2.37. The van der Waals surface area contributed by atoms with Crippen LogP contribution in [0, 0.1) is 3.57 Å². The van der Waals surface area contributed by atoms with Crippen molar-refractivity contribution >= 4 is 28.6 Å². The van der Waals surface area contributed by atoms with Crippen LogP contribution in [0.2, 0.25) is 0 Å². The molecule has 0 spiro atoms. The summed E-state index contributed by atoms with van der Waals surface area (Å²) in [6.45, 7) is 0.364. The normalized spacial score (nSPS) is 10.2. The van der Waals surface area contributed by atoms with Gasteiger partial charge in [0.15, 0.2) is 0 Å². The van der Waals surface area contributed by atoms with Crippen molar-refractivity contribution in [2.75, 3.05) is 0 Å². The van der Waals surface area contributed by atoms with Gasteiger partial charge in [0.05, 0.1) is 0 Å². The molecule has 0 aliphatic rings. The molecule has 0 bridgehead atoms. The summed E-state index contributed by atoms with van der Waals surface area (Å²) in [7, 11) is 0. The fourth-order valence-corrected chi connectivity index (χ4v) is 1.89. The summed E-state index contributed by atoms with van der Waals surface area (Å²) in [5, 5.41) is 18.3. The molecular formula is C14H11IO4. The Balaban J connectivity index is 2.06. The molecule has 2 rings (SSSR count). The molecule has 0 radical (unpaired) electrons. The molecule has 0 aliphatic heterocycles. The second-order valence-electron chi connectivity index (χ2n) is 3.90. The van der Waals surface area contributed by atoms with Crippen LogP contribution in [-0.4, -0.2) is 16.2 Å². The SMILES string of the molecule is O=C(O)c1ccc(OCc2ccc(I)cc2)cc1O. The van der Waals surface area contributed by atoms with E-state index in [1.165, 1.54) is 18.2 Å². The third-order valence-electron chi connectivity index (χ3n) is 2.52. The minimum atomic E-state index is -1.17. The number of carboxylic acid groups (broad SMARTS) is 1. The molecule has 0 aromatic heterocycles. The lowest BCUT2D eigenvalue weighted by molar-refractivity contribution is 0.0693. The zero-order valence-corrected chi connectivity index (χ0v) is 12.0. The molecule has 2 aromatic rings. The van der Waals surface area contributed by atoms with Crippen molar-refractivity contribution in [3.05, 3.63) is 57.2 Å². The fourth-order valence-electron chi connectivity index (χ4n) is 1.53. The fraction of sp³-hybridized carbons (Fsp3) is 0.0714. The molecule has 5 heteroatoms. The highest BCUT2D eigenvalue weighted by Crippen LogP contribution is 2.24. The van der Waals surface area contributed by atoms with Gasteiger partial charge in [-0.25, -0.2) is 4.79 Å². The molecule has 0 atom stereocenters. The maximum atomic E-state index is 10.7. The van der Waals surface area contributed by atoms with E-state index in [0.717, 1.165) is 9.13 Å². The highest BCUT2D eigenvalue weighted by atomic mass is 127. The van der Waals surface area contributed by atoms with Crippen LogP contribution >= 0.6 is 22.6 Å². The van der Waals surface area contributed by atoms with Crippen LogP contribution in [0.4, 0.5) is 0 Å². The van der Waals surface area contributed by atoms with Gasteiger partial charge in [-0.2, -0.15) is 0 Å². The summed E-state index contributed by atoms with van der Waals surface area (Å²) in [6.07, 6.45) is 0. The minimum absolute atomic E-state index is 0.137. The molecule has 0 unspecified atom stereocenters. The van der Waals surface area contributed by atoms with Crippen LogP contribution in [0.1, 0.15) is 15.9 Å². The predicted octanol–water partition coefficient (Wildman–Crippen LogP) is 3.27. The van der Waals surface area contributed by atoms with Crippen LogP contribution in [0.5, 0.6) is 11.5 Å². The molecule has 2 aromatic carbocycles. The lowest BCUT2D eigenvalue weighted by atomic mass is 10.2. The second-order valence-corrected chi connectivity index (χ2v) is 5.14. The van der Waals surface area contributed by atoms with Crippen LogP contribution in [0.3, 0.4) is 0 Å². The number of halogens is 1. The Morgan fingerprint density at radius 2 is 1.84 bits per heavy atom. The van der Waals surface area contributed by atoms with E-state index >= 15 is 0 Å². The summed E-state index contributed by atoms with van der Waals surface area (Å²) in [5.41, 5.74) is 0.865. The van der Waals surface area contributed by atoms with E-state index in [9.17, 15) is 9.90 Å². The second kappa shape index (κ2) is 5.92. The van der Waals surface area contributed by atoms with Crippen LogP contribution in [-0.2, 0) is 6.61 Å². The molecule has 19 heavy (non-hydrogen) atoms. The van der Waals surface area contributed by atoms with E-state index in [2.05, 4.69) is 22.6 Å². The summed E-state index contributed by atoms with van der Waals surface area (Å²) in [5.74, 6) is -1.03. The van der Waals surface area contributed by atoms with Crippen LogP contribution in [0.15, 0.2) is 42.5 Å². The van der Waals surface area contributed by atoms with Crippen molar-refractivity contribution in [1.82, 2.24) is 0 Å². The monoisotopic (exact) mass is 370 g/mol. The minimum Gasteiger partial charge on any atom is -0.507 e. The number of phenols is 1. The van der Waals surface area contributed by atoms with E-state index in [4.69, 9.17) is 9.84 Å². The number of hydrogen-bond donors (Lipinski definition) is 2. The maximum Gasteiger partial charge on any atom is 0.339 e. The van der Waals surface area contributed by atoms with Gasteiger partial charge < -0.3 is 14.9 Å². The van der Waals surface area contributed by atoms with Gasteiger partial charge in [0.1, 0.15) is 23.7 Å². The van der Waals surface area contributed by atoms with Crippen molar-refractivity contribution in [1.29, 1.82) is 0 Å². The number of aromatic carboxylic acids is 1. The Kier molecular flexibility index (Phi) is 4.26. The molecule has 98 valence electrons. The van der Waals surface area contributed by atoms with E-state index in [0.29, 0.717) is 12.4 Å². The van der Waals surface area contributed by atoms with E-state index < -0.39 is 5.97 Å². The Morgan fingerprint density at radius 1 is 1.16 bits per heavy atom. The van der Waals surface area contributed by atoms with Crippen LogP contribution in [0.25, 0.3) is 0 Å². The first kappa shape index (κ1) is 13.7. The largest absolute Gasteiger partial charge is 0.507 e. The van der Waals surface area contributed by atoms with Crippen molar-refractivity contribution in [2.45, 2.75) is 6.61 Å². The Hall–Kier alpha value is -1.76. The molecule has 0 aliphatic carbocycles. The van der Waals surface area contributed by atoms with E-state index in [1.807, 2.05) is 24.3 Å².